The van der Waals surface area contributed by atoms with Crippen LogP contribution in [0.1, 0.15) is 53.1 Å². The van der Waals surface area contributed by atoms with Crippen molar-refractivity contribution in [2.75, 3.05) is 0 Å². The minimum atomic E-state index is -0.659. The van der Waals surface area contributed by atoms with Gasteiger partial charge in [0, 0.05) is 5.56 Å². The normalized spacial score (nSPS) is 16.8. The number of esters is 1. The third-order valence-corrected chi connectivity index (χ3v) is 3.67. The van der Waals surface area contributed by atoms with Gasteiger partial charge in [0.15, 0.2) is 0 Å². The van der Waals surface area contributed by atoms with Crippen LogP contribution in [0.4, 0.5) is 0 Å². The molecule has 3 nitrogen and oxygen atoms in total. The summed E-state index contributed by atoms with van der Waals surface area (Å²) in [6.07, 6.45) is -0.659. The Labute approximate surface area is 124 Å². The molecule has 0 radical (unpaired) electrons. The molecule has 0 fully saturated rings. The topological polar surface area (TPSA) is 35.5 Å². The fraction of sp³-hybridized carbons (Fsp3) is 0.278. The molecule has 3 rings (SSSR count). The number of benzene rings is 2. The van der Waals surface area contributed by atoms with Crippen LogP contribution in [-0.4, -0.2) is 5.97 Å². The van der Waals surface area contributed by atoms with Gasteiger partial charge in [-0.05, 0) is 36.1 Å². The molecule has 21 heavy (non-hydrogen) atoms. The van der Waals surface area contributed by atoms with E-state index in [4.69, 9.17) is 9.47 Å². The summed E-state index contributed by atoms with van der Waals surface area (Å²) in [4.78, 5) is 11.8. The van der Waals surface area contributed by atoms with E-state index >= 15 is 0 Å². The smallest absolute Gasteiger partial charge is 0.342 e. The maximum atomic E-state index is 11.8. The maximum absolute atomic E-state index is 11.8. The zero-order valence-electron chi connectivity index (χ0n) is 12.4. The molecule has 2 aromatic rings. The molecule has 0 saturated heterocycles. The summed E-state index contributed by atoms with van der Waals surface area (Å²) in [5, 5.41) is 0. The number of rotatable bonds is 3. The Balaban J connectivity index is 1.95. The molecular weight excluding hydrogens is 264 g/mol. The van der Waals surface area contributed by atoms with Crippen molar-refractivity contribution < 1.29 is 14.3 Å². The van der Waals surface area contributed by atoms with Crippen LogP contribution in [0, 0.1) is 6.92 Å². The van der Waals surface area contributed by atoms with E-state index in [1.54, 1.807) is 6.07 Å². The number of carbonyl (C=O) groups is 1. The largest absolute Gasteiger partial charge is 0.450 e. The number of aryl methyl sites for hydroxylation is 1. The van der Waals surface area contributed by atoms with Gasteiger partial charge < -0.3 is 9.47 Å². The summed E-state index contributed by atoms with van der Waals surface area (Å²) in [7, 11) is 0. The first kappa shape index (κ1) is 13.7. The molecule has 0 aliphatic carbocycles. The average molecular weight is 282 g/mol. The van der Waals surface area contributed by atoms with Crippen molar-refractivity contribution in [1.29, 1.82) is 0 Å². The van der Waals surface area contributed by atoms with Crippen molar-refractivity contribution in [1.82, 2.24) is 0 Å². The van der Waals surface area contributed by atoms with E-state index in [9.17, 15) is 4.79 Å². The SMILES string of the molecule is Cc1ccc(C(C)C)c(OC2OC(=O)c3ccccc32)c1. The lowest BCUT2D eigenvalue weighted by Gasteiger charge is -2.18. The predicted octanol–water partition coefficient (Wildman–Crippen LogP) is 4.37. The van der Waals surface area contributed by atoms with Gasteiger partial charge in [0.25, 0.3) is 6.29 Å². The number of hydrogen-bond donors (Lipinski definition) is 0. The molecule has 0 aromatic heterocycles. The number of ether oxygens (including phenoxy) is 2. The van der Waals surface area contributed by atoms with Gasteiger partial charge in [0.1, 0.15) is 5.75 Å². The van der Waals surface area contributed by atoms with Crippen molar-refractivity contribution in [2.45, 2.75) is 33.0 Å². The maximum Gasteiger partial charge on any atom is 0.342 e. The number of carbonyl (C=O) groups excluding carboxylic acids is 1. The van der Waals surface area contributed by atoms with Crippen LogP contribution in [0.3, 0.4) is 0 Å². The van der Waals surface area contributed by atoms with E-state index in [0.29, 0.717) is 11.5 Å². The lowest BCUT2D eigenvalue weighted by molar-refractivity contribution is -0.0387. The lowest BCUT2D eigenvalue weighted by atomic mass is 10.0. The highest BCUT2D eigenvalue weighted by Gasteiger charge is 2.32. The van der Waals surface area contributed by atoms with Gasteiger partial charge in [-0.15, -0.1) is 0 Å². The number of cyclic esters (lactones) is 1. The Bertz CT molecular complexity index is 689. The Morgan fingerprint density at radius 1 is 1.14 bits per heavy atom. The van der Waals surface area contributed by atoms with Crippen molar-refractivity contribution in [3.8, 4) is 5.75 Å². The van der Waals surface area contributed by atoms with Gasteiger partial charge in [0.05, 0.1) is 5.56 Å². The van der Waals surface area contributed by atoms with Crippen molar-refractivity contribution in [2.24, 2.45) is 0 Å². The molecule has 3 heteroatoms. The number of hydrogen-bond acceptors (Lipinski definition) is 3. The van der Waals surface area contributed by atoms with Gasteiger partial charge in [-0.1, -0.05) is 44.2 Å². The second kappa shape index (κ2) is 5.24. The minimum absolute atomic E-state index is 0.325. The first-order valence-corrected chi connectivity index (χ1v) is 7.13. The minimum Gasteiger partial charge on any atom is -0.450 e. The van der Waals surface area contributed by atoms with Gasteiger partial charge >= 0.3 is 5.97 Å². The predicted molar refractivity (Wildman–Crippen MR) is 80.5 cm³/mol. The zero-order chi connectivity index (χ0) is 15.0. The quantitative estimate of drug-likeness (QED) is 0.784. The van der Waals surface area contributed by atoms with Gasteiger partial charge in [-0.3, -0.25) is 0 Å². The molecule has 1 aliphatic heterocycles. The summed E-state index contributed by atoms with van der Waals surface area (Å²) in [6.45, 7) is 6.25. The second-order valence-corrected chi connectivity index (χ2v) is 5.64. The van der Waals surface area contributed by atoms with Crippen LogP contribution >= 0.6 is 0 Å². The van der Waals surface area contributed by atoms with Crippen LogP contribution in [-0.2, 0) is 4.74 Å². The molecule has 0 N–H and O–H groups in total. The van der Waals surface area contributed by atoms with Crippen molar-refractivity contribution in [3.63, 3.8) is 0 Å². The Morgan fingerprint density at radius 3 is 2.67 bits per heavy atom. The summed E-state index contributed by atoms with van der Waals surface area (Å²) in [5.74, 6) is 0.793. The van der Waals surface area contributed by atoms with Gasteiger partial charge in [-0.2, -0.15) is 0 Å². The molecule has 0 spiro atoms. The molecule has 2 aromatic carbocycles. The summed E-state index contributed by atoms with van der Waals surface area (Å²) in [6, 6.07) is 13.5. The van der Waals surface area contributed by atoms with Gasteiger partial charge in [0.2, 0.25) is 0 Å². The van der Waals surface area contributed by atoms with Crippen LogP contribution in [0.2, 0.25) is 0 Å². The molecule has 0 bridgehead atoms. The Morgan fingerprint density at radius 2 is 1.90 bits per heavy atom. The first-order chi connectivity index (χ1) is 10.1. The van der Waals surface area contributed by atoms with E-state index in [1.165, 1.54) is 0 Å². The monoisotopic (exact) mass is 282 g/mol. The molecule has 1 atom stereocenters. The van der Waals surface area contributed by atoms with Crippen LogP contribution in [0.25, 0.3) is 0 Å². The summed E-state index contributed by atoms with van der Waals surface area (Å²) < 4.78 is 11.4. The van der Waals surface area contributed by atoms with E-state index in [2.05, 4.69) is 26.0 Å². The van der Waals surface area contributed by atoms with Crippen LogP contribution in [0.5, 0.6) is 5.75 Å². The molecule has 1 unspecified atom stereocenters. The second-order valence-electron chi connectivity index (χ2n) is 5.64. The molecular formula is C18H18O3. The van der Waals surface area contributed by atoms with E-state index in [1.807, 2.05) is 31.2 Å². The third kappa shape index (κ3) is 2.51. The summed E-state index contributed by atoms with van der Waals surface area (Å²) >= 11 is 0. The average Bonchev–Trinajstić information content (AvgIpc) is 2.76. The van der Waals surface area contributed by atoms with Crippen molar-refractivity contribution >= 4 is 5.97 Å². The highest BCUT2D eigenvalue weighted by Crippen LogP contribution is 2.36. The molecule has 1 aliphatic rings. The molecule has 1 heterocycles. The highest BCUT2D eigenvalue weighted by atomic mass is 16.7. The van der Waals surface area contributed by atoms with Crippen LogP contribution < -0.4 is 4.74 Å². The molecule has 0 saturated carbocycles. The Kier molecular flexibility index (Phi) is 3.42. The summed E-state index contributed by atoms with van der Waals surface area (Å²) in [5.41, 5.74) is 3.60. The van der Waals surface area contributed by atoms with Crippen molar-refractivity contribution in [3.05, 3.63) is 64.7 Å². The first-order valence-electron chi connectivity index (χ1n) is 7.13. The fourth-order valence-corrected chi connectivity index (χ4v) is 2.54. The third-order valence-electron chi connectivity index (χ3n) is 3.67. The molecule has 108 valence electrons. The van der Waals surface area contributed by atoms with Gasteiger partial charge in [-0.25, -0.2) is 4.79 Å². The molecule has 0 amide bonds. The Hall–Kier alpha value is -2.29. The van der Waals surface area contributed by atoms with Crippen LogP contribution in [0.15, 0.2) is 42.5 Å². The highest BCUT2D eigenvalue weighted by molar-refractivity contribution is 5.93. The zero-order valence-corrected chi connectivity index (χ0v) is 12.4. The van der Waals surface area contributed by atoms with E-state index in [0.717, 1.165) is 22.4 Å². The standard InChI is InChI=1S/C18H18O3/c1-11(2)13-9-8-12(3)10-16(13)20-18-15-7-5-4-6-14(15)17(19)21-18/h4-11,18H,1-3H3. The number of fused-ring (bicyclic) bond motifs is 1. The fourth-order valence-electron chi connectivity index (χ4n) is 2.54. The van der Waals surface area contributed by atoms with E-state index in [-0.39, 0.29) is 5.97 Å². The lowest BCUT2D eigenvalue weighted by Crippen LogP contribution is -2.09. The van der Waals surface area contributed by atoms with E-state index < -0.39 is 6.29 Å².